The van der Waals surface area contributed by atoms with Gasteiger partial charge in [-0.1, -0.05) is 24.6 Å². The van der Waals surface area contributed by atoms with Crippen LogP contribution in [0.1, 0.15) is 62.8 Å². The molecule has 1 aromatic rings. The molecule has 2 aliphatic carbocycles. The maximum Gasteiger partial charge on any atom is 0.573 e. The molecule has 4 atom stereocenters. The third kappa shape index (κ3) is 5.02. The summed E-state index contributed by atoms with van der Waals surface area (Å²) in [5.74, 6) is 2.82. The van der Waals surface area contributed by atoms with Crippen molar-refractivity contribution in [3.05, 3.63) is 42.5 Å². The van der Waals surface area contributed by atoms with E-state index in [1.165, 1.54) is 50.7 Å². The molecule has 0 heterocycles. The minimum absolute atomic E-state index is 0.132. The van der Waals surface area contributed by atoms with E-state index >= 15 is 0 Å². The molecule has 0 radical (unpaired) electrons. The van der Waals surface area contributed by atoms with Gasteiger partial charge in [0, 0.05) is 0 Å². The molecule has 0 N–H and O–H groups in total. The molecule has 138 valence electrons. The van der Waals surface area contributed by atoms with Gasteiger partial charge in [-0.2, -0.15) is 0 Å². The van der Waals surface area contributed by atoms with Gasteiger partial charge >= 0.3 is 6.36 Å². The van der Waals surface area contributed by atoms with E-state index in [1.54, 1.807) is 0 Å². The molecule has 0 aliphatic heterocycles. The molecule has 0 saturated heterocycles. The summed E-state index contributed by atoms with van der Waals surface area (Å²) in [4.78, 5) is 0. The summed E-state index contributed by atoms with van der Waals surface area (Å²) >= 11 is 0. The Labute approximate surface area is 148 Å². The Morgan fingerprint density at radius 3 is 2.36 bits per heavy atom. The molecule has 2 fully saturated rings. The molecular weight excluding hydrogens is 325 g/mol. The van der Waals surface area contributed by atoms with Gasteiger partial charge in [-0.15, -0.1) is 19.8 Å². The predicted octanol–water partition coefficient (Wildman–Crippen LogP) is 6.85. The first-order valence-electron chi connectivity index (χ1n) is 9.41. The fraction of sp³-hybridized carbons (Fsp3) is 0.619. The topological polar surface area (TPSA) is 9.23 Å². The van der Waals surface area contributed by atoms with E-state index in [9.17, 15) is 13.2 Å². The van der Waals surface area contributed by atoms with E-state index < -0.39 is 6.36 Å². The van der Waals surface area contributed by atoms with Crippen molar-refractivity contribution >= 4 is 0 Å². The molecule has 1 aromatic carbocycles. The molecule has 2 saturated carbocycles. The number of halogens is 3. The van der Waals surface area contributed by atoms with Gasteiger partial charge in [-0.25, -0.2) is 0 Å². The van der Waals surface area contributed by atoms with Crippen molar-refractivity contribution in [2.45, 2.75) is 63.6 Å². The van der Waals surface area contributed by atoms with Crippen LogP contribution in [0.5, 0.6) is 5.75 Å². The van der Waals surface area contributed by atoms with Crippen LogP contribution in [0.4, 0.5) is 13.2 Å². The van der Waals surface area contributed by atoms with Crippen molar-refractivity contribution < 1.29 is 17.9 Å². The maximum absolute atomic E-state index is 12.3. The van der Waals surface area contributed by atoms with Crippen molar-refractivity contribution in [1.29, 1.82) is 0 Å². The highest BCUT2D eigenvalue weighted by Crippen LogP contribution is 2.48. The molecule has 3 rings (SSSR count). The van der Waals surface area contributed by atoms with E-state index in [1.807, 2.05) is 18.2 Å². The van der Waals surface area contributed by atoms with Crippen LogP contribution in [0.15, 0.2) is 36.9 Å². The number of allylic oxidation sites excluding steroid dienone is 1. The van der Waals surface area contributed by atoms with E-state index in [0.717, 1.165) is 36.2 Å². The Balaban J connectivity index is 1.55. The van der Waals surface area contributed by atoms with Crippen LogP contribution in [0.3, 0.4) is 0 Å². The Morgan fingerprint density at radius 1 is 1.00 bits per heavy atom. The Hall–Kier alpha value is -1.45. The Bertz CT molecular complexity index is 563. The van der Waals surface area contributed by atoms with E-state index in [0.29, 0.717) is 5.92 Å². The van der Waals surface area contributed by atoms with Gasteiger partial charge < -0.3 is 4.74 Å². The van der Waals surface area contributed by atoms with Crippen LogP contribution in [-0.2, 0) is 0 Å². The Morgan fingerprint density at radius 2 is 1.68 bits per heavy atom. The third-order valence-corrected chi connectivity index (χ3v) is 6.09. The zero-order chi connectivity index (χ0) is 17.9. The van der Waals surface area contributed by atoms with Crippen molar-refractivity contribution in [3.8, 4) is 5.75 Å². The average molecular weight is 352 g/mol. The number of ether oxygens (including phenoxy) is 1. The second-order valence-corrected chi connectivity index (χ2v) is 7.69. The molecule has 0 aromatic heterocycles. The molecule has 4 heteroatoms. The molecule has 2 aliphatic rings. The van der Waals surface area contributed by atoms with Crippen molar-refractivity contribution in [3.63, 3.8) is 0 Å². The normalized spacial score (nSPS) is 29.7. The lowest BCUT2D eigenvalue weighted by atomic mass is 9.63. The summed E-state index contributed by atoms with van der Waals surface area (Å²) in [6.07, 6.45) is 7.35. The number of hydrogen-bond acceptors (Lipinski definition) is 1. The minimum Gasteiger partial charge on any atom is -0.406 e. The van der Waals surface area contributed by atoms with Crippen LogP contribution >= 0.6 is 0 Å². The predicted molar refractivity (Wildman–Crippen MR) is 93.5 cm³/mol. The number of fused-ring (bicyclic) bond motifs is 1. The summed E-state index contributed by atoms with van der Waals surface area (Å²) in [5, 5.41) is 0. The lowest BCUT2D eigenvalue weighted by Crippen LogP contribution is -2.30. The first-order valence-corrected chi connectivity index (χ1v) is 9.41. The van der Waals surface area contributed by atoms with Gasteiger partial charge in [0.2, 0.25) is 0 Å². The summed E-state index contributed by atoms with van der Waals surface area (Å²) in [6, 6.07) is 6.51. The van der Waals surface area contributed by atoms with Gasteiger partial charge in [0.15, 0.2) is 0 Å². The summed E-state index contributed by atoms with van der Waals surface area (Å²) in [7, 11) is 0. The lowest BCUT2D eigenvalue weighted by molar-refractivity contribution is -0.274. The third-order valence-electron chi connectivity index (χ3n) is 6.09. The molecule has 0 spiro atoms. The maximum atomic E-state index is 12.3. The van der Waals surface area contributed by atoms with Gasteiger partial charge in [0.25, 0.3) is 0 Å². The number of hydrogen-bond donors (Lipinski definition) is 0. The number of rotatable bonds is 5. The van der Waals surface area contributed by atoms with Crippen LogP contribution in [0.25, 0.3) is 0 Å². The zero-order valence-electron chi connectivity index (χ0n) is 14.6. The molecule has 0 amide bonds. The first kappa shape index (κ1) is 18.3. The fourth-order valence-corrected chi connectivity index (χ4v) is 4.85. The molecule has 0 bridgehead atoms. The number of benzene rings is 1. The van der Waals surface area contributed by atoms with Gasteiger partial charge in [0.1, 0.15) is 5.75 Å². The summed E-state index contributed by atoms with van der Waals surface area (Å²) in [6.45, 7) is 3.82. The first-order chi connectivity index (χ1) is 11.9. The second kappa shape index (κ2) is 7.84. The van der Waals surface area contributed by atoms with Crippen LogP contribution < -0.4 is 4.74 Å². The van der Waals surface area contributed by atoms with Gasteiger partial charge in [0.05, 0.1) is 0 Å². The summed E-state index contributed by atoms with van der Waals surface area (Å²) < 4.78 is 40.8. The standard InChI is InChI=1S/C21H27F3O/c1-2-3-4-15-5-6-19-14-18(8-7-17(19)13-15)16-9-11-20(12-10-16)25-21(22,23)24/h2,9-12,15,17-19H,1,3-8,13-14H2/t15-,17-,18?,19-/m1/s1. The number of alkyl halides is 3. The highest BCUT2D eigenvalue weighted by atomic mass is 19.4. The second-order valence-electron chi connectivity index (χ2n) is 7.69. The molecule has 1 unspecified atom stereocenters. The molecule has 1 nitrogen and oxygen atoms in total. The van der Waals surface area contributed by atoms with Crippen molar-refractivity contribution in [2.24, 2.45) is 17.8 Å². The van der Waals surface area contributed by atoms with E-state index in [-0.39, 0.29) is 5.75 Å². The highest BCUT2D eigenvalue weighted by molar-refractivity contribution is 5.30. The van der Waals surface area contributed by atoms with Crippen molar-refractivity contribution in [1.82, 2.24) is 0 Å². The molecular formula is C21H27F3O. The molecule has 25 heavy (non-hydrogen) atoms. The van der Waals surface area contributed by atoms with Crippen molar-refractivity contribution in [2.75, 3.05) is 0 Å². The van der Waals surface area contributed by atoms with Gasteiger partial charge in [-0.3, -0.25) is 0 Å². The van der Waals surface area contributed by atoms with Gasteiger partial charge in [-0.05, 0) is 86.3 Å². The highest BCUT2D eigenvalue weighted by Gasteiger charge is 2.36. The van der Waals surface area contributed by atoms with Crippen LogP contribution in [-0.4, -0.2) is 6.36 Å². The van der Waals surface area contributed by atoms with Crippen LogP contribution in [0.2, 0.25) is 0 Å². The Kier molecular flexibility index (Phi) is 5.75. The SMILES string of the molecule is C=CCC[C@@H]1CC[C@@H]2CC(c3ccc(OC(F)(F)F)cc3)CC[C@@H]2C1. The summed E-state index contributed by atoms with van der Waals surface area (Å²) in [5.41, 5.74) is 1.15. The van der Waals surface area contributed by atoms with E-state index in [2.05, 4.69) is 11.3 Å². The zero-order valence-corrected chi connectivity index (χ0v) is 14.6. The monoisotopic (exact) mass is 352 g/mol. The average Bonchev–Trinajstić information content (AvgIpc) is 2.58. The smallest absolute Gasteiger partial charge is 0.406 e. The largest absolute Gasteiger partial charge is 0.573 e. The quantitative estimate of drug-likeness (QED) is 0.526. The minimum atomic E-state index is -4.62. The lowest BCUT2D eigenvalue weighted by Gasteiger charge is -2.42. The fourth-order valence-electron chi connectivity index (χ4n) is 4.85. The van der Waals surface area contributed by atoms with Crippen LogP contribution in [0, 0.1) is 17.8 Å². The van der Waals surface area contributed by atoms with E-state index in [4.69, 9.17) is 0 Å².